The van der Waals surface area contributed by atoms with Gasteiger partial charge in [-0.15, -0.1) is 0 Å². The van der Waals surface area contributed by atoms with E-state index in [1.165, 1.54) is 34.1 Å². The molecule has 1 aliphatic rings. The Morgan fingerprint density at radius 1 is 0.591 bits per heavy atom. The van der Waals surface area contributed by atoms with Crippen molar-refractivity contribution < 1.29 is 96.5 Å². The number of hydrogen-bond donors (Lipinski definition) is 20. The predicted octanol–water partition coefficient (Wildman–Crippen LogP) is -5.51. The molecule has 16 amide bonds. The van der Waals surface area contributed by atoms with E-state index in [0.717, 1.165) is 12.3 Å². The SMILES string of the molecule is COc1ccc(C[C@@H]2NC(=O)[C@H](C)NC(=O)[C@H](CCC(N)=O)NC(=O)[C@H](Cc3c[nH]c4ccccc34)NC(=O)C([C@@H](C)O)NC(=O)[C@H](CC(N)=O)NC(=O)C(N)CCCCNC(=O)C[C@H](C(=O)N[C@@H](CC(N)=O)C(=O)N[C@@H](CC(N)=O)C(=O)O)NC(=O)C(C)(C)NC(=O)[C@H](Cc3ccc4ccccc4c3)NC2=O)cc1. The zero-order valence-corrected chi connectivity index (χ0v) is 61.0. The van der Waals surface area contributed by atoms with Crippen molar-refractivity contribution in [1.82, 2.24) is 68.8 Å². The fourth-order valence-corrected chi connectivity index (χ4v) is 11.6. The van der Waals surface area contributed by atoms with E-state index in [0.29, 0.717) is 38.7 Å². The van der Waals surface area contributed by atoms with Crippen molar-refractivity contribution in [3.8, 4) is 5.75 Å². The fourth-order valence-electron chi connectivity index (χ4n) is 11.6. The van der Waals surface area contributed by atoms with Crippen LogP contribution in [0.2, 0.25) is 0 Å². The van der Waals surface area contributed by atoms with E-state index in [2.05, 4.69) is 63.5 Å². The number of methoxy groups -OCH3 is 1. The van der Waals surface area contributed by atoms with Crippen molar-refractivity contribution >= 4 is 122 Å². The first kappa shape index (κ1) is 86.3. The summed E-state index contributed by atoms with van der Waals surface area (Å²) in [6.45, 7) is 4.43. The molecule has 1 aliphatic heterocycles. The lowest BCUT2D eigenvalue weighted by molar-refractivity contribution is -0.144. The van der Waals surface area contributed by atoms with Gasteiger partial charge in [0.25, 0.3) is 0 Å². The molecule has 5 aromatic rings. The van der Waals surface area contributed by atoms with E-state index in [4.69, 9.17) is 33.4 Å². The number of rotatable bonds is 22. The summed E-state index contributed by atoms with van der Waals surface area (Å²) in [6.07, 6.45) is -6.19. The van der Waals surface area contributed by atoms with Gasteiger partial charge in [0, 0.05) is 49.3 Å². The summed E-state index contributed by atoms with van der Waals surface area (Å²) in [7, 11) is 1.41. The number of hydrogen-bond acceptors (Lipinski definition) is 20. The number of carbonyl (C=O) groups excluding carboxylic acids is 16. The largest absolute Gasteiger partial charge is 0.497 e. The summed E-state index contributed by atoms with van der Waals surface area (Å²) >= 11 is 0. The Hall–Kier alpha value is -12.6. The first-order valence-electron chi connectivity index (χ1n) is 35.0. The van der Waals surface area contributed by atoms with Gasteiger partial charge in [-0.2, -0.15) is 0 Å². The Morgan fingerprint density at radius 3 is 1.79 bits per heavy atom. The van der Waals surface area contributed by atoms with Crippen LogP contribution in [0.15, 0.2) is 97.2 Å². The normalized spacial score (nSPS) is 22.4. The van der Waals surface area contributed by atoms with Crippen molar-refractivity contribution in [1.29, 1.82) is 0 Å². The summed E-state index contributed by atoms with van der Waals surface area (Å²) in [5.41, 5.74) is 27.6. The second-order valence-electron chi connectivity index (χ2n) is 27.0. The fraction of sp³-hybridized carbons (Fsp3) is 0.431. The number of fused-ring (bicyclic) bond motifs is 2. The molecule has 1 fully saturated rings. The van der Waals surface area contributed by atoms with Crippen molar-refractivity contribution in [2.45, 2.75) is 183 Å². The second kappa shape index (κ2) is 40.4. The number of ether oxygens (including phenoxy) is 1. The molecule has 6 rings (SSSR count). The minimum absolute atomic E-state index is 0.0352. The van der Waals surface area contributed by atoms with E-state index in [9.17, 15) is 82.1 Å². The molecule has 592 valence electrons. The third-order valence-corrected chi connectivity index (χ3v) is 17.7. The first-order valence-corrected chi connectivity index (χ1v) is 35.0. The summed E-state index contributed by atoms with van der Waals surface area (Å²) in [5, 5.41) is 51.8. The average Bonchev–Trinajstić information content (AvgIpc) is 1.66. The van der Waals surface area contributed by atoms with Gasteiger partial charge in [0.1, 0.15) is 71.7 Å². The van der Waals surface area contributed by atoms with Crippen LogP contribution < -0.4 is 97.2 Å². The highest BCUT2D eigenvalue weighted by molar-refractivity contribution is 6.02. The van der Waals surface area contributed by atoms with E-state index in [-0.39, 0.29) is 45.1 Å². The molecule has 1 aromatic heterocycles. The van der Waals surface area contributed by atoms with Gasteiger partial charge in [0.2, 0.25) is 94.5 Å². The predicted molar refractivity (Wildman–Crippen MR) is 392 cm³/mol. The molecule has 0 saturated carbocycles. The van der Waals surface area contributed by atoms with Crippen LogP contribution in [0.5, 0.6) is 5.75 Å². The first-order chi connectivity index (χ1) is 51.9. The van der Waals surface area contributed by atoms with Gasteiger partial charge in [-0.3, -0.25) is 76.7 Å². The number of carboxylic acids is 1. The molecule has 25 N–H and O–H groups in total. The third-order valence-electron chi connectivity index (χ3n) is 17.7. The van der Waals surface area contributed by atoms with Gasteiger partial charge in [0.05, 0.1) is 44.9 Å². The van der Waals surface area contributed by atoms with Crippen LogP contribution in [0.4, 0.5) is 0 Å². The zero-order chi connectivity index (χ0) is 81.3. The van der Waals surface area contributed by atoms with E-state index in [1.807, 2.05) is 11.4 Å². The lowest BCUT2D eigenvalue weighted by atomic mass is 9.98. The summed E-state index contributed by atoms with van der Waals surface area (Å²) in [6, 6.07) is 5.76. The number of amides is 16. The number of carbonyl (C=O) groups is 17. The second-order valence-corrected chi connectivity index (χ2v) is 27.0. The molecule has 12 atom stereocenters. The number of aromatic amines is 1. The number of aliphatic carboxylic acids is 1. The molecule has 0 bridgehead atoms. The molecular formula is C72H94N18O20. The molecule has 2 unspecified atom stereocenters. The molecule has 2 heterocycles. The molecule has 4 aromatic carbocycles. The minimum atomic E-state index is -2.15. The number of nitrogens with one attached hydrogen (secondary N) is 13. The standard InChI is InChI=1S/C72H94N18O20/c1-35-60(97)82-47(27-37-18-21-42(110-5)22-19-37)63(100)84-48(28-38-17-20-39-12-6-7-13-40(39)26-38)68(105)90-72(3,4)71(109)88-52(66(103)85-50(30-55(75)93)65(102)87-53(70(107)108)32-57(77)95)33-58(96)78-25-11-10-15-44(73)61(98)83-51(31-56(76)94)67(104)89-59(36(2)91)69(106)86-49(29-41-34-79-45-16-9-8-14-43(41)45)64(101)81-46(62(99)80-35)23-24-54(74)92/h6-9,12-14,16-22,26,34-36,44,46-53,59,79,91H,10-11,15,23-25,27-33,73H2,1-5H3,(H2,74,92)(H2,75,93)(H2,76,94)(H2,77,95)(H,78,96)(H,80,99)(H,81,101)(H,82,97)(H,83,98)(H,84,100)(H,85,103)(H,86,106)(H,87,102)(H,88,109)(H,89,104)(H,90,105)(H,107,108)/t35-,36+,44?,46-,47-,48-,49-,50-,51-,52+,53-,59?/m0/s1. The van der Waals surface area contributed by atoms with Gasteiger partial charge >= 0.3 is 5.97 Å². The molecular weight excluding hydrogens is 1440 g/mol. The van der Waals surface area contributed by atoms with Crippen molar-refractivity contribution in [3.63, 3.8) is 0 Å². The maximum absolute atomic E-state index is 15.1. The van der Waals surface area contributed by atoms with E-state index in [1.54, 1.807) is 84.9 Å². The Morgan fingerprint density at radius 2 is 1.15 bits per heavy atom. The minimum Gasteiger partial charge on any atom is -0.497 e. The number of aliphatic hydroxyl groups excluding tert-OH is 1. The summed E-state index contributed by atoms with van der Waals surface area (Å²) < 4.78 is 5.33. The average molecular weight is 1530 g/mol. The van der Waals surface area contributed by atoms with Crippen LogP contribution in [0, 0.1) is 0 Å². The molecule has 1 saturated heterocycles. The lowest BCUT2D eigenvalue weighted by Crippen LogP contribution is -2.64. The van der Waals surface area contributed by atoms with Crippen LogP contribution in [0.25, 0.3) is 21.7 Å². The van der Waals surface area contributed by atoms with Crippen LogP contribution in [-0.2, 0) is 101 Å². The number of benzene rings is 4. The van der Waals surface area contributed by atoms with Gasteiger partial charge < -0.3 is 112 Å². The Labute approximate surface area is 629 Å². The maximum Gasteiger partial charge on any atom is 0.326 e. The zero-order valence-electron chi connectivity index (χ0n) is 61.0. The lowest BCUT2D eigenvalue weighted by Gasteiger charge is -2.31. The number of aliphatic hydroxyl groups is 1. The highest BCUT2D eigenvalue weighted by atomic mass is 16.5. The highest BCUT2D eigenvalue weighted by Gasteiger charge is 2.40. The number of carboxylic acid groups (broad SMARTS) is 1. The van der Waals surface area contributed by atoms with Gasteiger partial charge in [-0.1, -0.05) is 72.8 Å². The van der Waals surface area contributed by atoms with Crippen LogP contribution in [-0.4, -0.2) is 207 Å². The number of nitrogens with two attached hydrogens (primary N) is 5. The van der Waals surface area contributed by atoms with Crippen molar-refractivity contribution in [2.75, 3.05) is 13.7 Å². The molecule has 110 heavy (non-hydrogen) atoms. The third kappa shape index (κ3) is 26.4. The quantitative estimate of drug-likeness (QED) is 0.0307. The topological polar surface area (TPSA) is 630 Å². The Bertz CT molecular complexity index is 4260. The monoisotopic (exact) mass is 1530 g/mol. The molecule has 0 aliphatic carbocycles. The Kier molecular flexibility index (Phi) is 31.7. The van der Waals surface area contributed by atoms with Gasteiger partial charge in [0.15, 0.2) is 0 Å². The highest BCUT2D eigenvalue weighted by Crippen LogP contribution is 2.22. The number of H-pyrrole nitrogens is 1. The smallest absolute Gasteiger partial charge is 0.326 e. The molecule has 0 spiro atoms. The Balaban J connectivity index is 1.42. The molecule has 38 heteroatoms. The van der Waals surface area contributed by atoms with Crippen molar-refractivity contribution in [3.05, 3.63) is 114 Å². The summed E-state index contributed by atoms with van der Waals surface area (Å²) in [5.74, 6) is -19.5. The number of primary amides is 4. The number of aromatic nitrogens is 1. The summed E-state index contributed by atoms with van der Waals surface area (Å²) in [4.78, 5) is 237. The van der Waals surface area contributed by atoms with Gasteiger partial charge in [-0.25, -0.2) is 4.79 Å². The van der Waals surface area contributed by atoms with Crippen LogP contribution >= 0.6 is 0 Å². The molecule has 38 nitrogen and oxygen atoms in total. The number of para-hydroxylation sites is 1. The van der Waals surface area contributed by atoms with Crippen LogP contribution in [0.1, 0.15) is 102 Å². The maximum atomic E-state index is 15.1. The van der Waals surface area contributed by atoms with Crippen LogP contribution in [0.3, 0.4) is 0 Å². The van der Waals surface area contributed by atoms with E-state index >= 15 is 9.59 Å². The van der Waals surface area contributed by atoms with E-state index < -0.39 is 217 Å². The van der Waals surface area contributed by atoms with Gasteiger partial charge in [-0.05, 0) is 99.0 Å². The van der Waals surface area contributed by atoms with Crippen molar-refractivity contribution in [2.24, 2.45) is 28.7 Å². The molecule has 0 radical (unpaired) electrons.